The molecule has 1 aromatic carbocycles. The SMILES string of the molecule is Cc1nc2cc(NC(=O)Cn3nc(N4CCCCC4)ccc3=O)ccc2o1. The number of carbonyl (C=O) groups excluding carboxylic acids is 1. The number of nitrogens with one attached hydrogen (secondary N) is 1. The maximum atomic E-state index is 12.4. The van der Waals surface area contributed by atoms with Crippen LogP contribution in [0.4, 0.5) is 11.5 Å². The van der Waals surface area contributed by atoms with Crippen LogP contribution in [0.1, 0.15) is 25.2 Å². The number of aromatic nitrogens is 3. The summed E-state index contributed by atoms with van der Waals surface area (Å²) in [5, 5.41) is 7.16. The predicted molar refractivity (Wildman–Crippen MR) is 102 cm³/mol. The molecule has 3 heterocycles. The van der Waals surface area contributed by atoms with Crippen LogP contribution in [-0.2, 0) is 11.3 Å². The van der Waals surface area contributed by atoms with Crippen LogP contribution in [-0.4, -0.2) is 33.8 Å². The zero-order valence-electron chi connectivity index (χ0n) is 15.1. The van der Waals surface area contributed by atoms with Crippen molar-refractivity contribution in [2.24, 2.45) is 0 Å². The van der Waals surface area contributed by atoms with Crippen LogP contribution in [0.25, 0.3) is 11.1 Å². The third-order valence-corrected chi connectivity index (χ3v) is 4.60. The van der Waals surface area contributed by atoms with Gasteiger partial charge in [-0.15, -0.1) is 0 Å². The van der Waals surface area contributed by atoms with E-state index in [1.165, 1.54) is 17.2 Å². The Morgan fingerprint density at radius 1 is 1.19 bits per heavy atom. The largest absolute Gasteiger partial charge is 0.441 e. The molecule has 0 spiro atoms. The first-order valence-electron chi connectivity index (χ1n) is 9.09. The van der Waals surface area contributed by atoms with Crippen LogP contribution in [0, 0.1) is 6.92 Å². The van der Waals surface area contributed by atoms with Crippen LogP contribution in [0.5, 0.6) is 0 Å². The van der Waals surface area contributed by atoms with Crippen molar-refractivity contribution < 1.29 is 9.21 Å². The Kier molecular flexibility index (Phi) is 4.62. The van der Waals surface area contributed by atoms with Gasteiger partial charge in [-0.3, -0.25) is 9.59 Å². The molecule has 0 bridgehead atoms. The molecule has 1 amide bonds. The number of carbonyl (C=O) groups is 1. The minimum Gasteiger partial charge on any atom is -0.441 e. The lowest BCUT2D eigenvalue weighted by Gasteiger charge is -2.27. The second-order valence-corrected chi connectivity index (χ2v) is 6.70. The molecule has 1 fully saturated rings. The molecule has 3 aromatic rings. The fourth-order valence-electron chi connectivity index (χ4n) is 3.30. The van der Waals surface area contributed by atoms with Crippen molar-refractivity contribution in [3.8, 4) is 0 Å². The molecule has 1 saturated heterocycles. The van der Waals surface area contributed by atoms with Gasteiger partial charge < -0.3 is 14.6 Å². The zero-order valence-corrected chi connectivity index (χ0v) is 15.1. The summed E-state index contributed by atoms with van der Waals surface area (Å²) >= 11 is 0. The Morgan fingerprint density at radius 2 is 2.00 bits per heavy atom. The number of hydrogen-bond acceptors (Lipinski definition) is 6. The lowest BCUT2D eigenvalue weighted by Crippen LogP contribution is -2.34. The number of oxazole rings is 1. The monoisotopic (exact) mass is 367 g/mol. The highest BCUT2D eigenvalue weighted by molar-refractivity contribution is 5.92. The molecule has 0 radical (unpaired) electrons. The second-order valence-electron chi connectivity index (χ2n) is 6.70. The van der Waals surface area contributed by atoms with Crippen molar-refractivity contribution in [3.63, 3.8) is 0 Å². The number of aryl methyl sites for hydroxylation is 1. The minimum atomic E-state index is -0.319. The van der Waals surface area contributed by atoms with E-state index in [1.54, 1.807) is 31.2 Å². The molecule has 0 atom stereocenters. The van der Waals surface area contributed by atoms with Crippen molar-refractivity contribution >= 4 is 28.5 Å². The van der Waals surface area contributed by atoms with Crippen LogP contribution >= 0.6 is 0 Å². The highest BCUT2D eigenvalue weighted by Crippen LogP contribution is 2.20. The smallest absolute Gasteiger partial charge is 0.267 e. The average molecular weight is 367 g/mol. The van der Waals surface area contributed by atoms with Gasteiger partial charge >= 0.3 is 0 Å². The van der Waals surface area contributed by atoms with Gasteiger partial charge in [0, 0.05) is 31.8 Å². The third-order valence-electron chi connectivity index (χ3n) is 4.60. The van der Waals surface area contributed by atoms with Gasteiger partial charge in [-0.05, 0) is 43.5 Å². The van der Waals surface area contributed by atoms with Gasteiger partial charge in [0.25, 0.3) is 5.56 Å². The van der Waals surface area contributed by atoms with E-state index in [-0.39, 0.29) is 18.0 Å². The lowest BCUT2D eigenvalue weighted by atomic mass is 10.1. The Labute approximate surface area is 155 Å². The first kappa shape index (κ1) is 17.3. The molecule has 1 aliphatic heterocycles. The maximum absolute atomic E-state index is 12.4. The number of fused-ring (bicyclic) bond motifs is 1. The summed E-state index contributed by atoms with van der Waals surface area (Å²) in [5.74, 6) is 0.986. The van der Waals surface area contributed by atoms with Gasteiger partial charge in [-0.1, -0.05) is 0 Å². The highest BCUT2D eigenvalue weighted by atomic mass is 16.3. The van der Waals surface area contributed by atoms with E-state index in [9.17, 15) is 9.59 Å². The molecule has 8 nitrogen and oxygen atoms in total. The van der Waals surface area contributed by atoms with E-state index in [4.69, 9.17) is 4.42 Å². The zero-order chi connectivity index (χ0) is 18.8. The van der Waals surface area contributed by atoms with Crippen LogP contribution < -0.4 is 15.8 Å². The normalized spacial score (nSPS) is 14.5. The number of rotatable bonds is 4. The van der Waals surface area contributed by atoms with Crippen molar-refractivity contribution in [1.82, 2.24) is 14.8 Å². The van der Waals surface area contributed by atoms with E-state index in [0.717, 1.165) is 31.7 Å². The molecule has 4 rings (SSSR count). The molecule has 1 N–H and O–H groups in total. The first-order chi connectivity index (χ1) is 13.1. The number of hydrogen-bond donors (Lipinski definition) is 1. The second kappa shape index (κ2) is 7.22. The molecule has 0 aliphatic carbocycles. The number of piperidine rings is 1. The Morgan fingerprint density at radius 3 is 2.81 bits per heavy atom. The van der Waals surface area contributed by atoms with Crippen LogP contribution in [0.3, 0.4) is 0 Å². The van der Waals surface area contributed by atoms with Crippen molar-refractivity contribution in [2.45, 2.75) is 32.7 Å². The fourth-order valence-corrected chi connectivity index (χ4v) is 3.30. The van der Waals surface area contributed by atoms with E-state index < -0.39 is 0 Å². The van der Waals surface area contributed by atoms with Gasteiger partial charge in [0.15, 0.2) is 11.5 Å². The Bertz CT molecular complexity index is 1030. The third kappa shape index (κ3) is 3.84. The molecule has 140 valence electrons. The number of benzene rings is 1. The van der Waals surface area contributed by atoms with Gasteiger partial charge in [-0.25, -0.2) is 9.67 Å². The summed E-state index contributed by atoms with van der Waals surface area (Å²) in [6.45, 7) is 3.48. The molecular weight excluding hydrogens is 346 g/mol. The predicted octanol–water partition coefficient (Wildman–Crippen LogP) is 2.32. The number of nitrogens with zero attached hydrogens (tertiary/aromatic N) is 4. The van der Waals surface area contributed by atoms with E-state index >= 15 is 0 Å². The lowest BCUT2D eigenvalue weighted by molar-refractivity contribution is -0.117. The molecule has 8 heteroatoms. The van der Waals surface area contributed by atoms with E-state index in [1.807, 2.05) is 0 Å². The first-order valence-corrected chi connectivity index (χ1v) is 9.09. The molecule has 0 unspecified atom stereocenters. The summed E-state index contributed by atoms with van der Waals surface area (Å²) < 4.78 is 6.63. The van der Waals surface area contributed by atoms with Gasteiger partial charge in [0.2, 0.25) is 5.91 Å². The number of amides is 1. The summed E-state index contributed by atoms with van der Waals surface area (Å²) in [6, 6.07) is 8.43. The quantitative estimate of drug-likeness (QED) is 0.761. The average Bonchev–Trinajstić information content (AvgIpc) is 3.03. The van der Waals surface area contributed by atoms with E-state index in [0.29, 0.717) is 22.7 Å². The molecular formula is C19H21N5O3. The number of anilines is 2. The van der Waals surface area contributed by atoms with Gasteiger partial charge in [0.05, 0.1) is 0 Å². The van der Waals surface area contributed by atoms with Gasteiger partial charge in [-0.2, -0.15) is 5.10 Å². The highest BCUT2D eigenvalue weighted by Gasteiger charge is 2.14. The molecule has 2 aromatic heterocycles. The van der Waals surface area contributed by atoms with Crippen molar-refractivity contribution in [3.05, 3.63) is 46.6 Å². The van der Waals surface area contributed by atoms with Crippen LogP contribution in [0.15, 0.2) is 39.5 Å². The summed E-state index contributed by atoms with van der Waals surface area (Å²) in [7, 11) is 0. The van der Waals surface area contributed by atoms with E-state index in [2.05, 4.69) is 20.3 Å². The molecule has 27 heavy (non-hydrogen) atoms. The summed E-state index contributed by atoms with van der Waals surface area (Å²) in [6.07, 6.45) is 3.45. The summed E-state index contributed by atoms with van der Waals surface area (Å²) in [4.78, 5) is 30.9. The molecule has 1 aliphatic rings. The fraction of sp³-hybridized carbons (Fsp3) is 0.368. The van der Waals surface area contributed by atoms with Crippen molar-refractivity contribution in [1.29, 1.82) is 0 Å². The van der Waals surface area contributed by atoms with Gasteiger partial charge in [0.1, 0.15) is 17.9 Å². The minimum absolute atomic E-state index is 0.142. The Hall–Kier alpha value is -3.16. The van der Waals surface area contributed by atoms with Crippen LogP contribution in [0.2, 0.25) is 0 Å². The topological polar surface area (TPSA) is 93.3 Å². The summed E-state index contributed by atoms with van der Waals surface area (Å²) in [5.41, 5.74) is 1.64. The molecule has 0 saturated carbocycles. The standard InChI is InChI=1S/C19H21N5O3/c1-13-20-15-11-14(5-6-16(15)27-13)21-18(25)12-24-19(26)8-7-17(22-24)23-9-3-2-4-10-23/h5-8,11H,2-4,9-10,12H2,1H3,(H,21,25). The van der Waals surface area contributed by atoms with Crippen molar-refractivity contribution in [2.75, 3.05) is 23.3 Å². The maximum Gasteiger partial charge on any atom is 0.267 e. The Balaban J connectivity index is 1.48.